The van der Waals surface area contributed by atoms with Crippen LogP contribution in [-0.2, 0) is 6.42 Å². The summed E-state index contributed by atoms with van der Waals surface area (Å²) in [6.07, 6.45) is 8.28. The van der Waals surface area contributed by atoms with Gasteiger partial charge in [-0.3, -0.25) is 0 Å². The zero-order chi connectivity index (χ0) is 17.5. The molecule has 2 aliphatic heterocycles. The highest BCUT2D eigenvalue weighted by molar-refractivity contribution is 8.08. The lowest BCUT2D eigenvalue weighted by Crippen LogP contribution is -2.24. The Labute approximate surface area is 156 Å². The van der Waals surface area contributed by atoms with E-state index in [9.17, 15) is 0 Å². The van der Waals surface area contributed by atoms with Gasteiger partial charge in [0.1, 0.15) is 17.8 Å². The summed E-state index contributed by atoms with van der Waals surface area (Å²) in [5, 5.41) is 4.65. The Kier molecular flexibility index (Phi) is 3.85. The van der Waals surface area contributed by atoms with Gasteiger partial charge in [-0.1, -0.05) is 12.1 Å². The van der Waals surface area contributed by atoms with Gasteiger partial charge in [-0.05, 0) is 42.5 Å². The van der Waals surface area contributed by atoms with Crippen LogP contribution >= 0.6 is 11.8 Å². The molecule has 0 saturated heterocycles. The highest BCUT2D eigenvalue weighted by Crippen LogP contribution is 2.37. The molecule has 6 heteroatoms. The van der Waals surface area contributed by atoms with E-state index < -0.39 is 0 Å². The molecule has 132 valence electrons. The molecule has 2 N–H and O–H groups in total. The first kappa shape index (κ1) is 15.8. The van der Waals surface area contributed by atoms with E-state index in [4.69, 9.17) is 0 Å². The molecule has 5 rings (SSSR count). The van der Waals surface area contributed by atoms with E-state index in [0.717, 1.165) is 35.7 Å². The summed E-state index contributed by atoms with van der Waals surface area (Å²) in [5.41, 5.74) is 6.08. The second kappa shape index (κ2) is 6.36. The first-order valence-electron chi connectivity index (χ1n) is 9.07. The van der Waals surface area contributed by atoms with Crippen molar-refractivity contribution in [1.82, 2.24) is 15.0 Å². The predicted molar refractivity (Wildman–Crippen MR) is 110 cm³/mol. The fourth-order valence-electron chi connectivity index (χ4n) is 3.75. The van der Waals surface area contributed by atoms with Crippen molar-refractivity contribution in [2.24, 2.45) is 0 Å². The summed E-state index contributed by atoms with van der Waals surface area (Å²) in [5.74, 6) is 2.04. The van der Waals surface area contributed by atoms with E-state index >= 15 is 0 Å². The molecule has 26 heavy (non-hydrogen) atoms. The van der Waals surface area contributed by atoms with Crippen molar-refractivity contribution in [3.8, 4) is 0 Å². The van der Waals surface area contributed by atoms with E-state index in [1.165, 1.54) is 40.1 Å². The van der Waals surface area contributed by atoms with Crippen LogP contribution in [0.15, 0.2) is 36.9 Å². The number of thioether (sulfide) groups is 1. The van der Waals surface area contributed by atoms with Crippen molar-refractivity contribution < 1.29 is 0 Å². The van der Waals surface area contributed by atoms with Crippen LogP contribution in [-0.4, -0.2) is 33.8 Å². The summed E-state index contributed by atoms with van der Waals surface area (Å²) in [7, 11) is 0. The van der Waals surface area contributed by atoms with Gasteiger partial charge in [-0.2, -0.15) is 0 Å². The third-order valence-electron chi connectivity index (χ3n) is 5.11. The fourth-order valence-corrected chi connectivity index (χ4v) is 4.76. The van der Waals surface area contributed by atoms with Crippen molar-refractivity contribution >= 4 is 39.2 Å². The molecule has 3 aromatic rings. The largest absolute Gasteiger partial charge is 0.385 e. The molecule has 1 aromatic carbocycles. The summed E-state index contributed by atoms with van der Waals surface area (Å²) >= 11 is 1.92. The second-order valence-electron chi connectivity index (χ2n) is 6.83. The number of nitrogens with zero attached hydrogens (tertiary/aromatic N) is 3. The van der Waals surface area contributed by atoms with Crippen LogP contribution in [0.1, 0.15) is 23.1 Å². The predicted octanol–water partition coefficient (Wildman–Crippen LogP) is 4.18. The number of aromatic nitrogens is 3. The number of nitrogens with one attached hydrogen (secondary N) is 2. The number of hydrogen-bond acceptors (Lipinski definition) is 5. The number of anilines is 2. The molecule has 0 unspecified atom stereocenters. The van der Waals surface area contributed by atoms with Gasteiger partial charge in [0, 0.05) is 41.8 Å². The van der Waals surface area contributed by atoms with Crippen LogP contribution in [0, 0.1) is 6.92 Å². The van der Waals surface area contributed by atoms with E-state index in [1.54, 1.807) is 6.33 Å². The van der Waals surface area contributed by atoms with Crippen molar-refractivity contribution in [1.29, 1.82) is 0 Å². The van der Waals surface area contributed by atoms with Gasteiger partial charge in [-0.15, -0.1) is 11.8 Å². The van der Waals surface area contributed by atoms with Gasteiger partial charge in [0.25, 0.3) is 0 Å². The van der Waals surface area contributed by atoms with Gasteiger partial charge in [0.15, 0.2) is 0 Å². The molecule has 0 radical (unpaired) electrons. The zero-order valence-electron chi connectivity index (χ0n) is 14.7. The van der Waals surface area contributed by atoms with Crippen molar-refractivity contribution in [3.63, 3.8) is 0 Å². The minimum absolute atomic E-state index is 0.902. The Hall–Kier alpha value is -2.47. The lowest BCUT2D eigenvalue weighted by Gasteiger charge is -2.27. The Bertz CT molecular complexity index is 1010. The van der Waals surface area contributed by atoms with E-state index in [-0.39, 0.29) is 0 Å². The molecule has 2 aromatic heterocycles. The molecule has 0 saturated carbocycles. The van der Waals surface area contributed by atoms with Gasteiger partial charge in [0.2, 0.25) is 0 Å². The van der Waals surface area contributed by atoms with Crippen LogP contribution in [0.5, 0.6) is 0 Å². The zero-order valence-corrected chi connectivity index (χ0v) is 15.6. The normalized spacial score (nSPS) is 17.0. The molecule has 4 heterocycles. The maximum Gasteiger partial charge on any atom is 0.145 e. The maximum absolute atomic E-state index is 4.59. The number of aryl methyl sites for hydroxylation is 2. The van der Waals surface area contributed by atoms with Gasteiger partial charge in [0.05, 0.1) is 5.39 Å². The molecule has 0 bridgehead atoms. The Balaban J connectivity index is 1.55. The minimum Gasteiger partial charge on any atom is -0.385 e. The monoisotopic (exact) mass is 363 g/mol. The number of hydrogen-bond donors (Lipinski definition) is 2. The van der Waals surface area contributed by atoms with Crippen molar-refractivity contribution in [3.05, 3.63) is 53.6 Å². The highest BCUT2D eigenvalue weighted by Gasteiger charge is 2.19. The van der Waals surface area contributed by atoms with Crippen LogP contribution < -0.4 is 10.2 Å². The van der Waals surface area contributed by atoms with Crippen molar-refractivity contribution in [2.45, 2.75) is 19.8 Å². The summed E-state index contributed by atoms with van der Waals surface area (Å²) in [6.45, 7) is 4.12. The number of rotatable bonds is 2. The number of fused-ring (bicyclic) bond motifs is 2. The minimum atomic E-state index is 0.902. The molecule has 0 amide bonds. The number of benzene rings is 1. The lowest BCUT2D eigenvalue weighted by molar-refractivity contribution is 0.830. The Morgan fingerprint density at radius 1 is 1.23 bits per heavy atom. The van der Waals surface area contributed by atoms with Gasteiger partial charge in [-0.25, -0.2) is 9.97 Å². The third-order valence-corrected chi connectivity index (χ3v) is 6.15. The van der Waals surface area contributed by atoms with Gasteiger partial charge >= 0.3 is 0 Å². The standard InChI is InChI=1S/C20H21N5S/c1-13-10-22-19-18(13)20(24-12-23-19)25-7-8-26-17(11-25)15-5-4-14-3-2-6-21-16(14)9-15/h4-5,9-12,21H,2-3,6-8H2,1H3,(H,22,23,24). The van der Waals surface area contributed by atoms with Crippen molar-refractivity contribution in [2.75, 3.05) is 29.1 Å². The average Bonchev–Trinajstić information content (AvgIpc) is 3.09. The molecule has 0 aliphatic carbocycles. The highest BCUT2D eigenvalue weighted by atomic mass is 32.2. The Morgan fingerprint density at radius 2 is 2.19 bits per heavy atom. The molecular formula is C20H21N5S. The Morgan fingerprint density at radius 3 is 3.15 bits per heavy atom. The van der Waals surface area contributed by atoms with E-state index in [0.29, 0.717) is 0 Å². The summed E-state index contributed by atoms with van der Waals surface area (Å²) < 4.78 is 0. The van der Waals surface area contributed by atoms with E-state index in [1.807, 2.05) is 18.0 Å². The van der Waals surface area contributed by atoms with Crippen LogP contribution in [0.25, 0.3) is 15.9 Å². The summed E-state index contributed by atoms with van der Waals surface area (Å²) in [4.78, 5) is 15.7. The molecule has 0 fully saturated rings. The van der Waals surface area contributed by atoms with Crippen LogP contribution in [0.2, 0.25) is 0 Å². The first-order chi connectivity index (χ1) is 12.8. The number of H-pyrrole nitrogens is 1. The molecule has 2 aliphatic rings. The fraction of sp³-hybridized carbons (Fsp3) is 0.300. The summed E-state index contributed by atoms with van der Waals surface area (Å²) in [6, 6.07) is 6.83. The van der Waals surface area contributed by atoms with Gasteiger partial charge < -0.3 is 15.2 Å². The van der Waals surface area contributed by atoms with Crippen LogP contribution in [0.4, 0.5) is 11.5 Å². The quantitative estimate of drug-likeness (QED) is 0.715. The third kappa shape index (κ3) is 2.65. The number of aromatic amines is 1. The second-order valence-corrected chi connectivity index (χ2v) is 7.97. The first-order valence-corrected chi connectivity index (χ1v) is 10.1. The smallest absolute Gasteiger partial charge is 0.145 e. The topological polar surface area (TPSA) is 56.8 Å². The SMILES string of the molecule is Cc1c[nH]c2ncnc(N3C=C(c4ccc5c(c4)NCCC5)SCC3)c12. The molecule has 5 nitrogen and oxygen atoms in total. The molecule has 0 atom stereocenters. The van der Waals surface area contributed by atoms with E-state index in [2.05, 4.69) is 56.5 Å². The van der Waals surface area contributed by atoms with Crippen LogP contribution in [0.3, 0.4) is 0 Å². The molecular weight excluding hydrogens is 342 g/mol. The maximum atomic E-state index is 4.59. The average molecular weight is 363 g/mol. The molecule has 0 spiro atoms. The lowest BCUT2D eigenvalue weighted by atomic mass is 10.0.